The number of fused-ring (bicyclic) bond motifs is 3. The normalized spacial score (nSPS) is 45.4. The van der Waals surface area contributed by atoms with Crippen molar-refractivity contribution in [1.29, 1.82) is 0 Å². The summed E-state index contributed by atoms with van der Waals surface area (Å²) >= 11 is 0. The van der Waals surface area contributed by atoms with E-state index in [0.717, 1.165) is 30.6 Å². The van der Waals surface area contributed by atoms with Crippen molar-refractivity contribution in [2.45, 2.75) is 69.2 Å². The molecule has 8 nitrogen and oxygen atoms in total. The topological polar surface area (TPSA) is 84.8 Å². The molecule has 0 aromatic heterocycles. The SMILES string of the molecule is COc1ccc(C2=NO[C@@]3(C2)C(=O)O[C@@H]2O[C@@]4(C)CC[C@H]5[C@H](C)CC[C@@H]3[C@@]25OO4)cc1. The maximum atomic E-state index is 13.4. The molecule has 8 heteroatoms. The number of methoxy groups -OCH3 is 1. The van der Waals surface area contributed by atoms with Crippen LogP contribution in [0.25, 0.3) is 0 Å². The standard InChI is InChI=1S/C23H27NO7/c1-13-4-9-18-22(12-17(24-29-22)14-5-7-15(26-3)8-6-14)19(25)27-20-23(18)16(13)10-11-21(2,28-20)30-31-23/h5-8,13,16,18,20H,4,9-12H2,1-3H3/t13-,16+,18+,20-,21-,22-,23-/m1/s1. The summed E-state index contributed by atoms with van der Waals surface area (Å²) in [4.78, 5) is 31.4. The Balaban J connectivity index is 1.39. The van der Waals surface area contributed by atoms with Crippen molar-refractivity contribution in [3.05, 3.63) is 29.8 Å². The van der Waals surface area contributed by atoms with Gasteiger partial charge in [0.25, 0.3) is 0 Å². The Kier molecular flexibility index (Phi) is 4.05. The molecule has 2 bridgehead atoms. The molecule has 1 aromatic rings. The first-order valence-electron chi connectivity index (χ1n) is 11.1. The Bertz CT molecular complexity index is 948. The van der Waals surface area contributed by atoms with Crippen LogP contribution in [0.5, 0.6) is 5.75 Å². The lowest BCUT2D eigenvalue weighted by molar-refractivity contribution is -0.563. The van der Waals surface area contributed by atoms with E-state index in [2.05, 4.69) is 12.1 Å². The summed E-state index contributed by atoms with van der Waals surface area (Å²) in [5, 5.41) is 4.35. The monoisotopic (exact) mass is 429 g/mol. The van der Waals surface area contributed by atoms with Crippen LogP contribution in [0.3, 0.4) is 0 Å². The van der Waals surface area contributed by atoms with Crippen LogP contribution in [0.1, 0.15) is 51.5 Å². The van der Waals surface area contributed by atoms with Gasteiger partial charge in [-0.3, -0.25) is 0 Å². The highest BCUT2D eigenvalue weighted by atomic mass is 17.3. The third-order valence-electron chi connectivity index (χ3n) is 8.01. The van der Waals surface area contributed by atoms with Crippen LogP contribution >= 0.6 is 0 Å². The van der Waals surface area contributed by atoms with Gasteiger partial charge in [0, 0.05) is 18.8 Å². The van der Waals surface area contributed by atoms with Gasteiger partial charge in [-0.2, -0.15) is 0 Å². The summed E-state index contributed by atoms with van der Waals surface area (Å²) in [6, 6.07) is 7.57. The number of carbonyl (C=O) groups is 1. The molecule has 1 aromatic carbocycles. The summed E-state index contributed by atoms with van der Waals surface area (Å²) < 4.78 is 17.4. The molecule has 31 heavy (non-hydrogen) atoms. The van der Waals surface area contributed by atoms with E-state index in [1.165, 1.54) is 0 Å². The van der Waals surface area contributed by atoms with Gasteiger partial charge < -0.3 is 19.0 Å². The van der Waals surface area contributed by atoms with Crippen LogP contribution in [0.2, 0.25) is 0 Å². The van der Waals surface area contributed by atoms with Gasteiger partial charge in [0.05, 0.1) is 18.7 Å². The zero-order valence-corrected chi connectivity index (χ0v) is 18.0. The maximum absolute atomic E-state index is 13.4. The highest BCUT2D eigenvalue weighted by Gasteiger charge is 2.77. The predicted molar refractivity (Wildman–Crippen MR) is 107 cm³/mol. The minimum atomic E-state index is -1.24. The first-order chi connectivity index (χ1) is 14.9. The van der Waals surface area contributed by atoms with Gasteiger partial charge in [0.15, 0.2) is 5.60 Å². The van der Waals surface area contributed by atoms with Crippen molar-refractivity contribution in [1.82, 2.24) is 0 Å². The van der Waals surface area contributed by atoms with Crippen LogP contribution in [0.15, 0.2) is 29.4 Å². The van der Waals surface area contributed by atoms with Gasteiger partial charge in [-0.25, -0.2) is 14.6 Å². The molecule has 5 heterocycles. The molecule has 0 unspecified atom stereocenters. The van der Waals surface area contributed by atoms with Crippen molar-refractivity contribution in [3.63, 3.8) is 0 Å². The van der Waals surface area contributed by atoms with Crippen LogP contribution < -0.4 is 4.74 Å². The number of hydrogen-bond donors (Lipinski definition) is 0. The number of nitrogens with zero attached hydrogens (tertiary/aromatic N) is 1. The lowest BCUT2D eigenvalue weighted by Crippen LogP contribution is -2.75. The summed E-state index contributed by atoms with van der Waals surface area (Å²) in [5.41, 5.74) is -0.543. The molecule has 7 atom stereocenters. The average Bonchev–Trinajstić information content (AvgIpc) is 3.09. The van der Waals surface area contributed by atoms with Gasteiger partial charge in [0.1, 0.15) is 5.75 Å². The molecule has 1 aliphatic carbocycles. The summed E-state index contributed by atoms with van der Waals surface area (Å²) in [5.74, 6) is -0.345. The molecule has 4 saturated heterocycles. The zero-order valence-electron chi connectivity index (χ0n) is 18.0. The molecule has 0 radical (unpaired) electrons. The molecule has 5 fully saturated rings. The van der Waals surface area contributed by atoms with E-state index < -0.39 is 29.2 Å². The molecule has 166 valence electrons. The summed E-state index contributed by atoms with van der Waals surface area (Å²) in [7, 11) is 1.63. The van der Waals surface area contributed by atoms with Crippen molar-refractivity contribution < 1.29 is 33.6 Å². The van der Waals surface area contributed by atoms with E-state index in [0.29, 0.717) is 24.5 Å². The minimum absolute atomic E-state index is 0.138. The predicted octanol–water partition coefficient (Wildman–Crippen LogP) is 3.33. The van der Waals surface area contributed by atoms with Crippen LogP contribution in [-0.4, -0.2) is 42.1 Å². The van der Waals surface area contributed by atoms with Crippen molar-refractivity contribution >= 4 is 11.7 Å². The van der Waals surface area contributed by atoms with Crippen molar-refractivity contribution in [2.75, 3.05) is 7.11 Å². The number of ether oxygens (including phenoxy) is 3. The Hall–Kier alpha value is -2.16. The minimum Gasteiger partial charge on any atom is -0.497 e. The zero-order chi connectivity index (χ0) is 21.4. The van der Waals surface area contributed by atoms with E-state index >= 15 is 0 Å². The molecule has 0 N–H and O–H groups in total. The third kappa shape index (κ3) is 2.52. The smallest absolute Gasteiger partial charge is 0.356 e. The quantitative estimate of drug-likeness (QED) is 0.527. The van der Waals surface area contributed by atoms with Crippen molar-refractivity contribution in [2.24, 2.45) is 22.9 Å². The highest BCUT2D eigenvalue weighted by Crippen LogP contribution is 2.62. The van der Waals surface area contributed by atoms with Crippen molar-refractivity contribution in [3.8, 4) is 5.75 Å². The lowest BCUT2D eigenvalue weighted by atomic mass is 9.56. The second kappa shape index (κ2) is 6.43. The van der Waals surface area contributed by atoms with Gasteiger partial charge in [-0.15, -0.1) is 0 Å². The molecule has 0 amide bonds. The van der Waals surface area contributed by atoms with E-state index in [-0.39, 0.29) is 11.8 Å². The Morgan fingerprint density at radius 1 is 1.13 bits per heavy atom. The summed E-state index contributed by atoms with van der Waals surface area (Å²) in [6.07, 6.45) is 2.80. The first kappa shape index (κ1) is 19.5. The van der Waals surface area contributed by atoms with Crippen LogP contribution in [0, 0.1) is 17.8 Å². The number of rotatable bonds is 2. The Morgan fingerprint density at radius 3 is 2.71 bits per heavy atom. The van der Waals surface area contributed by atoms with E-state index in [9.17, 15) is 4.79 Å². The van der Waals surface area contributed by atoms with Crippen LogP contribution in [0.4, 0.5) is 0 Å². The fraction of sp³-hybridized carbons (Fsp3) is 0.652. The van der Waals surface area contributed by atoms with Crippen LogP contribution in [-0.2, 0) is 28.9 Å². The summed E-state index contributed by atoms with van der Waals surface area (Å²) in [6.45, 7) is 4.07. The number of benzene rings is 1. The second-order valence-electron chi connectivity index (χ2n) is 9.69. The maximum Gasteiger partial charge on any atom is 0.356 e. The fourth-order valence-electron chi connectivity index (χ4n) is 6.32. The van der Waals surface area contributed by atoms with E-state index in [4.69, 9.17) is 28.8 Å². The molecular weight excluding hydrogens is 402 g/mol. The number of oxime groups is 1. The largest absolute Gasteiger partial charge is 0.497 e. The molecule has 1 saturated carbocycles. The fourth-order valence-corrected chi connectivity index (χ4v) is 6.32. The molecule has 6 aliphatic rings. The molecular formula is C23H27NO7. The van der Waals surface area contributed by atoms with Gasteiger partial charge in [0.2, 0.25) is 17.7 Å². The third-order valence-corrected chi connectivity index (χ3v) is 8.01. The average molecular weight is 429 g/mol. The van der Waals surface area contributed by atoms with E-state index in [1.54, 1.807) is 7.11 Å². The van der Waals surface area contributed by atoms with Gasteiger partial charge in [-0.1, -0.05) is 12.1 Å². The molecule has 2 spiro atoms. The van der Waals surface area contributed by atoms with E-state index in [1.807, 2.05) is 31.2 Å². The highest BCUT2D eigenvalue weighted by molar-refractivity contribution is 6.05. The van der Waals surface area contributed by atoms with Gasteiger partial charge >= 0.3 is 5.97 Å². The van der Waals surface area contributed by atoms with Gasteiger partial charge in [-0.05, 0) is 61.9 Å². The molecule has 5 aliphatic heterocycles. The Labute approximate surface area is 180 Å². The number of esters is 1. The Morgan fingerprint density at radius 2 is 1.94 bits per heavy atom. The first-order valence-corrected chi connectivity index (χ1v) is 11.1. The number of hydrogen-bond acceptors (Lipinski definition) is 8. The second-order valence-corrected chi connectivity index (χ2v) is 9.69. The lowest BCUT2D eigenvalue weighted by Gasteiger charge is -2.59. The number of carbonyl (C=O) groups excluding carboxylic acids is 1. The molecule has 7 rings (SSSR count).